The smallest absolute Gasteiger partial charge is 0.333 e. The molecule has 0 aliphatic heterocycles. The van der Waals surface area contributed by atoms with Gasteiger partial charge in [-0.1, -0.05) is 6.07 Å². The van der Waals surface area contributed by atoms with Gasteiger partial charge in [-0.15, -0.1) is 0 Å². The molecule has 1 rings (SSSR count). The van der Waals surface area contributed by atoms with Gasteiger partial charge in [-0.05, 0) is 12.1 Å². The first-order valence-corrected chi connectivity index (χ1v) is 5.01. The van der Waals surface area contributed by atoms with Crippen LogP contribution in [0.4, 0.5) is 28.9 Å². The second-order valence-electron chi connectivity index (χ2n) is 3.53. The van der Waals surface area contributed by atoms with E-state index in [9.17, 15) is 27.7 Å². The van der Waals surface area contributed by atoms with Gasteiger partial charge >= 0.3 is 18.0 Å². The standard InChI is InChI=1S/C10H10F4N2O3/c1-19-7-4-2-3-6(8(7)16(17)18)15-5-10(13,14)9(11)12/h2-4,9,15H,5H2,1H3. The predicted octanol–water partition coefficient (Wildman–Crippen LogP) is 2.92. The highest BCUT2D eigenvalue weighted by molar-refractivity contribution is 5.68. The van der Waals surface area contributed by atoms with E-state index in [1.54, 1.807) is 0 Å². The van der Waals surface area contributed by atoms with Gasteiger partial charge in [-0.25, -0.2) is 8.78 Å². The SMILES string of the molecule is COc1cccc(NCC(F)(F)C(F)F)c1[N+](=O)[O-]. The van der Waals surface area contributed by atoms with Gasteiger partial charge in [0.05, 0.1) is 18.6 Å². The van der Waals surface area contributed by atoms with Crippen LogP contribution in [0.5, 0.6) is 5.75 Å². The molecule has 0 radical (unpaired) electrons. The lowest BCUT2D eigenvalue weighted by molar-refractivity contribution is -0.384. The number of benzene rings is 1. The van der Waals surface area contributed by atoms with Gasteiger partial charge in [-0.2, -0.15) is 8.78 Å². The molecule has 1 aromatic carbocycles. The molecular weight excluding hydrogens is 272 g/mol. The number of nitrogens with zero attached hydrogens (tertiary/aromatic N) is 1. The lowest BCUT2D eigenvalue weighted by Crippen LogP contribution is -2.34. The highest BCUT2D eigenvalue weighted by Gasteiger charge is 2.40. The van der Waals surface area contributed by atoms with Gasteiger partial charge < -0.3 is 10.1 Å². The lowest BCUT2D eigenvalue weighted by atomic mass is 10.2. The quantitative estimate of drug-likeness (QED) is 0.495. The van der Waals surface area contributed by atoms with Crippen LogP contribution >= 0.6 is 0 Å². The minimum absolute atomic E-state index is 0.157. The van der Waals surface area contributed by atoms with E-state index < -0.39 is 29.5 Å². The molecule has 9 heteroatoms. The zero-order valence-corrected chi connectivity index (χ0v) is 9.70. The van der Waals surface area contributed by atoms with Crippen LogP contribution in [0.25, 0.3) is 0 Å². The summed E-state index contributed by atoms with van der Waals surface area (Å²) >= 11 is 0. The summed E-state index contributed by atoms with van der Waals surface area (Å²) in [5.41, 5.74) is -0.903. The molecule has 5 nitrogen and oxygen atoms in total. The summed E-state index contributed by atoms with van der Waals surface area (Å²) in [5.74, 6) is -4.44. The summed E-state index contributed by atoms with van der Waals surface area (Å²) in [5, 5.41) is 12.7. The van der Waals surface area contributed by atoms with E-state index in [2.05, 4.69) is 0 Å². The van der Waals surface area contributed by atoms with E-state index in [4.69, 9.17) is 4.74 Å². The number of ether oxygens (including phenoxy) is 1. The molecule has 19 heavy (non-hydrogen) atoms. The topological polar surface area (TPSA) is 64.4 Å². The average molecular weight is 282 g/mol. The molecule has 106 valence electrons. The Balaban J connectivity index is 2.99. The number of methoxy groups -OCH3 is 1. The van der Waals surface area contributed by atoms with Crippen molar-refractivity contribution in [1.29, 1.82) is 0 Å². The first kappa shape index (κ1) is 15.0. The van der Waals surface area contributed by atoms with E-state index >= 15 is 0 Å². The molecule has 0 aliphatic rings. The first-order valence-electron chi connectivity index (χ1n) is 5.01. The second kappa shape index (κ2) is 5.72. The van der Waals surface area contributed by atoms with Crippen molar-refractivity contribution in [3.8, 4) is 5.75 Å². The molecule has 0 unspecified atom stereocenters. The van der Waals surface area contributed by atoms with Crippen LogP contribution in [0.15, 0.2) is 18.2 Å². The molecule has 0 saturated heterocycles. The number of hydrogen-bond donors (Lipinski definition) is 1. The number of nitro groups is 1. The van der Waals surface area contributed by atoms with Crippen LogP contribution in [0.3, 0.4) is 0 Å². The Hall–Kier alpha value is -2.06. The molecule has 0 saturated carbocycles. The fraction of sp³-hybridized carbons (Fsp3) is 0.400. The maximum atomic E-state index is 12.7. The summed E-state index contributed by atoms with van der Waals surface area (Å²) in [6.45, 7) is -1.42. The van der Waals surface area contributed by atoms with Gasteiger partial charge in [0, 0.05) is 0 Å². The number of nitro benzene ring substituents is 1. The zero-order chi connectivity index (χ0) is 14.6. The molecule has 1 N–H and O–H groups in total. The van der Waals surface area contributed by atoms with E-state index in [1.807, 2.05) is 5.32 Å². The molecule has 1 aromatic rings. The summed E-state index contributed by atoms with van der Waals surface area (Å²) in [4.78, 5) is 9.96. The number of anilines is 1. The van der Waals surface area contributed by atoms with Crippen molar-refractivity contribution in [2.75, 3.05) is 19.0 Å². The predicted molar refractivity (Wildman–Crippen MR) is 59.1 cm³/mol. The molecule has 0 spiro atoms. The Morgan fingerprint density at radius 1 is 1.47 bits per heavy atom. The normalized spacial score (nSPS) is 11.5. The molecule has 0 atom stereocenters. The van der Waals surface area contributed by atoms with Gasteiger partial charge in [0.2, 0.25) is 0 Å². The third kappa shape index (κ3) is 3.46. The monoisotopic (exact) mass is 282 g/mol. The molecule has 0 fully saturated rings. The molecule has 0 amide bonds. The Morgan fingerprint density at radius 2 is 2.11 bits per heavy atom. The van der Waals surface area contributed by atoms with Crippen LogP contribution in [0, 0.1) is 10.1 Å². The lowest BCUT2D eigenvalue weighted by Gasteiger charge is -2.16. The van der Waals surface area contributed by atoms with E-state index in [0.717, 1.165) is 6.07 Å². The summed E-state index contributed by atoms with van der Waals surface area (Å²) in [7, 11) is 1.17. The second-order valence-corrected chi connectivity index (χ2v) is 3.53. The molecule has 0 heterocycles. The third-order valence-corrected chi connectivity index (χ3v) is 2.24. The largest absolute Gasteiger partial charge is 0.490 e. The number of alkyl halides is 4. The maximum absolute atomic E-state index is 12.7. The summed E-state index contributed by atoms with van der Waals surface area (Å²) in [6.07, 6.45) is -3.86. The van der Waals surface area contributed by atoms with E-state index in [0.29, 0.717) is 0 Å². The number of para-hydroxylation sites is 1. The minimum Gasteiger partial charge on any atom is -0.490 e. The van der Waals surface area contributed by atoms with Crippen molar-refractivity contribution in [3.63, 3.8) is 0 Å². The number of nitrogens with one attached hydrogen (secondary N) is 1. The molecular formula is C10H10F4N2O3. The van der Waals surface area contributed by atoms with Crippen molar-refractivity contribution >= 4 is 11.4 Å². The number of hydrogen-bond acceptors (Lipinski definition) is 4. The number of halogens is 4. The minimum atomic E-state index is -4.28. The van der Waals surface area contributed by atoms with E-state index in [1.165, 1.54) is 19.2 Å². The van der Waals surface area contributed by atoms with Gasteiger partial charge in [0.25, 0.3) is 0 Å². The number of rotatable bonds is 6. The molecule has 0 aromatic heterocycles. The Kier molecular flexibility index (Phi) is 4.52. The zero-order valence-electron chi connectivity index (χ0n) is 9.70. The van der Waals surface area contributed by atoms with Crippen molar-refractivity contribution in [2.24, 2.45) is 0 Å². The van der Waals surface area contributed by atoms with Gasteiger partial charge in [0.1, 0.15) is 5.69 Å². The van der Waals surface area contributed by atoms with Crippen molar-refractivity contribution < 1.29 is 27.2 Å². The Morgan fingerprint density at radius 3 is 2.58 bits per heavy atom. The Labute approximate surface area is 105 Å². The van der Waals surface area contributed by atoms with Crippen LogP contribution in [-0.4, -0.2) is 30.9 Å². The van der Waals surface area contributed by atoms with Crippen LogP contribution in [0.2, 0.25) is 0 Å². The van der Waals surface area contributed by atoms with Crippen molar-refractivity contribution in [1.82, 2.24) is 0 Å². The highest BCUT2D eigenvalue weighted by atomic mass is 19.3. The third-order valence-electron chi connectivity index (χ3n) is 2.24. The molecule has 0 aliphatic carbocycles. The van der Waals surface area contributed by atoms with Crippen molar-refractivity contribution in [3.05, 3.63) is 28.3 Å². The average Bonchev–Trinajstić information content (AvgIpc) is 2.35. The fourth-order valence-electron chi connectivity index (χ4n) is 1.31. The van der Waals surface area contributed by atoms with Crippen LogP contribution < -0.4 is 10.1 Å². The van der Waals surface area contributed by atoms with Crippen LogP contribution in [-0.2, 0) is 0 Å². The van der Waals surface area contributed by atoms with Gasteiger partial charge in [0.15, 0.2) is 5.75 Å². The Bertz CT molecular complexity index is 468. The summed E-state index contributed by atoms with van der Waals surface area (Å²) in [6, 6.07) is 3.70. The maximum Gasteiger partial charge on any atom is 0.333 e. The van der Waals surface area contributed by atoms with Gasteiger partial charge in [-0.3, -0.25) is 10.1 Å². The molecule has 0 bridgehead atoms. The highest BCUT2D eigenvalue weighted by Crippen LogP contribution is 2.35. The van der Waals surface area contributed by atoms with Crippen LogP contribution in [0.1, 0.15) is 0 Å². The van der Waals surface area contributed by atoms with Crippen molar-refractivity contribution in [2.45, 2.75) is 12.3 Å². The van der Waals surface area contributed by atoms with E-state index in [-0.39, 0.29) is 11.4 Å². The first-order chi connectivity index (χ1) is 8.79. The summed E-state index contributed by atoms with van der Waals surface area (Å²) < 4.78 is 54.1. The fourth-order valence-corrected chi connectivity index (χ4v) is 1.31.